The van der Waals surface area contributed by atoms with E-state index in [-0.39, 0.29) is 6.04 Å². The molecule has 0 spiro atoms. The normalized spacial score (nSPS) is 19.2. The Labute approximate surface area is 137 Å². The predicted octanol–water partition coefficient (Wildman–Crippen LogP) is 1.42. The highest BCUT2D eigenvalue weighted by Crippen LogP contribution is 2.10. The number of benzene rings is 1. The van der Waals surface area contributed by atoms with Crippen LogP contribution in [0.5, 0.6) is 0 Å². The zero-order valence-electron chi connectivity index (χ0n) is 13.5. The summed E-state index contributed by atoms with van der Waals surface area (Å²) in [6.07, 6.45) is 1.52. The molecule has 2 atom stereocenters. The minimum Gasteiger partial charge on any atom is -0.465 e. The number of nitrogens with one attached hydrogen (secondary N) is 2. The maximum atomic E-state index is 11.0. The summed E-state index contributed by atoms with van der Waals surface area (Å²) in [4.78, 5) is 13.3. The van der Waals surface area contributed by atoms with E-state index in [1.807, 2.05) is 12.1 Å². The van der Waals surface area contributed by atoms with Crippen molar-refractivity contribution in [3.8, 4) is 6.07 Å². The van der Waals surface area contributed by atoms with E-state index in [4.69, 9.17) is 10.4 Å². The molecule has 1 saturated heterocycles. The summed E-state index contributed by atoms with van der Waals surface area (Å²) < 4.78 is 0. The molecule has 3 N–H and O–H groups in total. The van der Waals surface area contributed by atoms with Crippen molar-refractivity contribution in [3.05, 3.63) is 35.4 Å². The van der Waals surface area contributed by atoms with Gasteiger partial charge < -0.3 is 20.6 Å². The lowest BCUT2D eigenvalue weighted by Crippen LogP contribution is -2.40. The third kappa shape index (κ3) is 5.89. The van der Waals surface area contributed by atoms with Crippen LogP contribution in [0.4, 0.5) is 4.79 Å². The topological polar surface area (TPSA) is 88.4 Å². The summed E-state index contributed by atoms with van der Waals surface area (Å²) in [7, 11) is 2.11. The zero-order valence-corrected chi connectivity index (χ0v) is 13.5. The molecule has 0 bridgehead atoms. The third-order valence-electron chi connectivity index (χ3n) is 4.21. The van der Waals surface area contributed by atoms with Gasteiger partial charge in [0.1, 0.15) is 0 Å². The van der Waals surface area contributed by atoms with Gasteiger partial charge in [0.2, 0.25) is 0 Å². The molecule has 0 aliphatic carbocycles. The first-order chi connectivity index (χ1) is 11.1. The smallest absolute Gasteiger partial charge is 0.404 e. The number of nitriles is 1. The van der Waals surface area contributed by atoms with E-state index in [9.17, 15) is 4.79 Å². The second-order valence-electron chi connectivity index (χ2n) is 6.15. The molecule has 1 aromatic rings. The van der Waals surface area contributed by atoms with Crippen LogP contribution in [0.3, 0.4) is 0 Å². The van der Waals surface area contributed by atoms with Gasteiger partial charge in [0, 0.05) is 18.6 Å². The summed E-state index contributed by atoms with van der Waals surface area (Å²) in [5, 5.41) is 23.9. The number of hydrogen-bond acceptors (Lipinski definition) is 4. The van der Waals surface area contributed by atoms with Gasteiger partial charge in [-0.05, 0) is 57.1 Å². The van der Waals surface area contributed by atoms with Crippen LogP contribution >= 0.6 is 0 Å². The van der Waals surface area contributed by atoms with Gasteiger partial charge in [0.15, 0.2) is 0 Å². The number of likely N-dealkylation sites (tertiary alicyclic amines) is 1. The van der Waals surface area contributed by atoms with Crippen LogP contribution in [0.2, 0.25) is 0 Å². The fourth-order valence-electron chi connectivity index (χ4n) is 2.96. The van der Waals surface area contributed by atoms with E-state index in [1.54, 1.807) is 12.1 Å². The van der Waals surface area contributed by atoms with Crippen LogP contribution in [0.1, 0.15) is 24.0 Å². The molecule has 6 nitrogen and oxygen atoms in total. The lowest BCUT2D eigenvalue weighted by molar-refractivity contribution is 0.189. The molecule has 1 aromatic carbocycles. The number of rotatable bonds is 7. The Morgan fingerprint density at radius 3 is 2.78 bits per heavy atom. The van der Waals surface area contributed by atoms with E-state index >= 15 is 0 Å². The molecule has 124 valence electrons. The molecule has 1 unspecified atom stereocenters. The highest BCUT2D eigenvalue weighted by molar-refractivity contribution is 5.64. The van der Waals surface area contributed by atoms with Crippen molar-refractivity contribution in [3.63, 3.8) is 0 Å². The third-order valence-corrected chi connectivity index (χ3v) is 4.21. The Morgan fingerprint density at radius 2 is 2.22 bits per heavy atom. The summed E-state index contributed by atoms with van der Waals surface area (Å²) in [5.41, 5.74) is 1.65. The van der Waals surface area contributed by atoms with Crippen LogP contribution in [-0.2, 0) is 6.42 Å². The van der Waals surface area contributed by atoms with Crippen LogP contribution in [0, 0.1) is 11.3 Å². The van der Waals surface area contributed by atoms with Gasteiger partial charge in [-0.25, -0.2) is 4.79 Å². The molecule has 1 aliphatic rings. The number of nitrogens with zero attached hydrogens (tertiary/aromatic N) is 2. The Kier molecular flexibility index (Phi) is 6.39. The highest BCUT2D eigenvalue weighted by Gasteiger charge is 2.19. The molecule has 1 aliphatic heterocycles. The van der Waals surface area contributed by atoms with Gasteiger partial charge in [-0.1, -0.05) is 12.1 Å². The van der Waals surface area contributed by atoms with Gasteiger partial charge in [-0.2, -0.15) is 5.26 Å². The average Bonchev–Trinajstić information content (AvgIpc) is 2.93. The van der Waals surface area contributed by atoms with Gasteiger partial charge >= 0.3 is 6.09 Å². The van der Waals surface area contributed by atoms with Crippen molar-refractivity contribution in [2.24, 2.45) is 0 Å². The van der Waals surface area contributed by atoms with Crippen LogP contribution in [0.25, 0.3) is 0 Å². The van der Waals surface area contributed by atoms with E-state index in [0.717, 1.165) is 38.0 Å². The first-order valence-electron chi connectivity index (χ1n) is 7.97. The number of amides is 1. The molecule has 0 saturated carbocycles. The summed E-state index contributed by atoms with van der Waals surface area (Å²) in [6, 6.07) is 9.75. The molecule has 1 fully saturated rings. The van der Waals surface area contributed by atoms with Crippen LogP contribution in [0.15, 0.2) is 24.3 Å². The molecule has 2 rings (SSSR count). The molecule has 0 aromatic heterocycles. The molecule has 0 radical (unpaired) electrons. The standard InChI is InChI=1S/C17H24N4O2/c1-21-9-7-16(12-21)19-8-6-15(20-17(22)23)10-13-2-4-14(11-18)5-3-13/h2-5,15-16,19-20H,6-10,12H2,1H3,(H,22,23)/t15?,16-/m1/s1. The molecular formula is C17H24N4O2. The second-order valence-corrected chi connectivity index (χ2v) is 6.15. The number of hydrogen-bond donors (Lipinski definition) is 3. The lowest BCUT2D eigenvalue weighted by atomic mass is 10.0. The molecular weight excluding hydrogens is 292 g/mol. The zero-order chi connectivity index (χ0) is 16.7. The van der Waals surface area contributed by atoms with Crippen molar-refractivity contribution >= 4 is 6.09 Å². The fraction of sp³-hybridized carbons (Fsp3) is 0.529. The quantitative estimate of drug-likeness (QED) is 0.708. The fourth-order valence-corrected chi connectivity index (χ4v) is 2.96. The summed E-state index contributed by atoms with van der Waals surface area (Å²) in [6.45, 7) is 2.95. The van der Waals surface area contributed by atoms with Crippen molar-refractivity contribution in [1.29, 1.82) is 5.26 Å². The van der Waals surface area contributed by atoms with Crippen LogP contribution in [-0.4, -0.2) is 54.9 Å². The predicted molar refractivity (Wildman–Crippen MR) is 88.3 cm³/mol. The van der Waals surface area contributed by atoms with E-state index in [1.165, 1.54) is 0 Å². The van der Waals surface area contributed by atoms with E-state index < -0.39 is 6.09 Å². The van der Waals surface area contributed by atoms with Crippen LogP contribution < -0.4 is 10.6 Å². The summed E-state index contributed by atoms with van der Waals surface area (Å²) >= 11 is 0. The Balaban J connectivity index is 1.83. The maximum absolute atomic E-state index is 11.0. The van der Waals surface area contributed by atoms with E-state index in [2.05, 4.69) is 28.7 Å². The lowest BCUT2D eigenvalue weighted by Gasteiger charge is -2.19. The molecule has 23 heavy (non-hydrogen) atoms. The van der Waals surface area contributed by atoms with Crippen molar-refractivity contribution in [2.45, 2.75) is 31.3 Å². The van der Waals surface area contributed by atoms with Gasteiger partial charge in [-0.3, -0.25) is 0 Å². The van der Waals surface area contributed by atoms with Crippen molar-refractivity contribution in [1.82, 2.24) is 15.5 Å². The summed E-state index contributed by atoms with van der Waals surface area (Å²) in [5.74, 6) is 0. The number of carboxylic acid groups (broad SMARTS) is 1. The average molecular weight is 316 g/mol. The van der Waals surface area contributed by atoms with E-state index in [0.29, 0.717) is 18.0 Å². The Bertz CT molecular complexity index is 553. The second kappa shape index (κ2) is 8.51. The first-order valence-corrected chi connectivity index (χ1v) is 7.97. The SMILES string of the molecule is CN1CC[C@@H](NCCC(Cc2ccc(C#N)cc2)NC(=O)O)C1. The van der Waals surface area contributed by atoms with Gasteiger partial charge in [-0.15, -0.1) is 0 Å². The van der Waals surface area contributed by atoms with Crippen molar-refractivity contribution in [2.75, 3.05) is 26.7 Å². The minimum atomic E-state index is -0.996. The molecule has 1 amide bonds. The first kappa shape index (κ1) is 17.3. The molecule has 1 heterocycles. The van der Waals surface area contributed by atoms with Gasteiger partial charge in [0.25, 0.3) is 0 Å². The number of likely N-dealkylation sites (N-methyl/N-ethyl adjacent to an activating group) is 1. The largest absolute Gasteiger partial charge is 0.465 e. The van der Waals surface area contributed by atoms with Gasteiger partial charge in [0.05, 0.1) is 11.6 Å². The minimum absolute atomic E-state index is 0.132. The highest BCUT2D eigenvalue weighted by atomic mass is 16.4. The molecule has 6 heteroatoms. The maximum Gasteiger partial charge on any atom is 0.404 e. The number of carbonyl (C=O) groups is 1. The Hall–Kier alpha value is -2.10. The monoisotopic (exact) mass is 316 g/mol. The Morgan fingerprint density at radius 1 is 1.48 bits per heavy atom. The van der Waals surface area contributed by atoms with Crippen molar-refractivity contribution < 1.29 is 9.90 Å².